The molecule has 2 aliphatic heterocycles. The van der Waals surface area contributed by atoms with Crippen LogP contribution >= 0.6 is 0 Å². The van der Waals surface area contributed by atoms with Crippen LogP contribution in [0.4, 0.5) is 16.2 Å². The number of amides is 3. The molecule has 0 aromatic heterocycles. The van der Waals surface area contributed by atoms with Crippen LogP contribution < -0.4 is 30.4 Å². The Morgan fingerprint density at radius 2 is 1.98 bits per heavy atom. The van der Waals surface area contributed by atoms with Crippen molar-refractivity contribution in [3.63, 3.8) is 0 Å². The van der Waals surface area contributed by atoms with Gasteiger partial charge in [0.2, 0.25) is 0 Å². The highest BCUT2D eigenvalue weighted by molar-refractivity contribution is 5.95. The number of nitro benzene ring substituents is 1. The van der Waals surface area contributed by atoms with Crippen molar-refractivity contribution >= 4 is 35.5 Å². The second kappa shape index (κ2) is 14.1. The minimum Gasteiger partial charge on any atom is -0.493 e. The highest BCUT2D eigenvalue weighted by Crippen LogP contribution is 2.34. The van der Waals surface area contributed by atoms with Gasteiger partial charge in [-0.15, -0.1) is 0 Å². The molecule has 15 heteroatoms. The number of non-ortho nitro benzene ring substituents is 1. The molecule has 2 aromatic carbocycles. The number of methoxy groups -OCH3 is 1. The summed E-state index contributed by atoms with van der Waals surface area (Å²) in [7, 11) is 1.41. The molecule has 2 aromatic rings. The fourth-order valence-electron chi connectivity index (χ4n) is 4.61. The SMILES string of the molecule is CCOC(=O)C1=C(C)NC(=O)N[C@@H]1c1ccc(OCC(=O)N/N=C\c2cc([N+](=O)[O-])ccc2N2CCOCC2)c(OC)c1. The number of hydrogen-bond acceptors (Lipinski definition) is 11. The van der Waals surface area contributed by atoms with Crippen LogP contribution in [0.5, 0.6) is 11.5 Å². The first-order valence-corrected chi connectivity index (χ1v) is 13.4. The van der Waals surface area contributed by atoms with Crippen molar-refractivity contribution in [1.82, 2.24) is 16.1 Å². The summed E-state index contributed by atoms with van der Waals surface area (Å²) in [4.78, 5) is 50.1. The third-order valence-electron chi connectivity index (χ3n) is 6.61. The van der Waals surface area contributed by atoms with Gasteiger partial charge < -0.3 is 34.5 Å². The van der Waals surface area contributed by atoms with E-state index in [-0.39, 0.29) is 29.4 Å². The molecule has 43 heavy (non-hydrogen) atoms. The predicted octanol–water partition coefficient (Wildman–Crippen LogP) is 2.16. The van der Waals surface area contributed by atoms with Crippen LogP contribution in [-0.4, -0.2) is 75.7 Å². The largest absolute Gasteiger partial charge is 0.493 e. The van der Waals surface area contributed by atoms with Crippen LogP contribution in [0.2, 0.25) is 0 Å². The number of hydrogen-bond donors (Lipinski definition) is 3. The number of rotatable bonds is 11. The maximum Gasteiger partial charge on any atom is 0.338 e. The molecule has 0 bridgehead atoms. The van der Waals surface area contributed by atoms with E-state index in [0.717, 1.165) is 5.69 Å². The summed E-state index contributed by atoms with van der Waals surface area (Å²) in [5, 5.41) is 20.6. The molecule has 4 rings (SSSR count). The fourth-order valence-corrected chi connectivity index (χ4v) is 4.61. The minimum absolute atomic E-state index is 0.104. The van der Waals surface area contributed by atoms with Gasteiger partial charge in [0.15, 0.2) is 18.1 Å². The van der Waals surface area contributed by atoms with Gasteiger partial charge in [0, 0.05) is 42.2 Å². The zero-order valence-electron chi connectivity index (χ0n) is 23.9. The van der Waals surface area contributed by atoms with Gasteiger partial charge in [-0.2, -0.15) is 5.10 Å². The Hall–Kier alpha value is -5.18. The minimum atomic E-state index is -0.801. The number of nitro groups is 1. The van der Waals surface area contributed by atoms with Gasteiger partial charge in [0.25, 0.3) is 11.6 Å². The highest BCUT2D eigenvalue weighted by atomic mass is 16.6. The maximum atomic E-state index is 12.6. The maximum absolute atomic E-state index is 12.6. The van der Waals surface area contributed by atoms with E-state index < -0.39 is 35.5 Å². The second-order valence-electron chi connectivity index (χ2n) is 9.38. The molecule has 0 radical (unpaired) electrons. The van der Waals surface area contributed by atoms with Crippen LogP contribution in [-0.2, 0) is 19.1 Å². The van der Waals surface area contributed by atoms with Gasteiger partial charge in [-0.05, 0) is 37.6 Å². The number of anilines is 1. The predicted molar refractivity (Wildman–Crippen MR) is 154 cm³/mol. The molecule has 15 nitrogen and oxygen atoms in total. The van der Waals surface area contributed by atoms with Gasteiger partial charge in [-0.1, -0.05) is 6.07 Å². The summed E-state index contributed by atoms with van der Waals surface area (Å²) in [6, 6.07) is 7.94. The van der Waals surface area contributed by atoms with Crippen LogP contribution in [0.1, 0.15) is 31.0 Å². The van der Waals surface area contributed by atoms with Gasteiger partial charge in [0.05, 0.1) is 49.7 Å². The lowest BCUT2D eigenvalue weighted by atomic mass is 9.95. The van der Waals surface area contributed by atoms with Crippen molar-refractivity contribution in [2.45, 2.75) is 19.9 Å². The van der Waals surface area contributed by atoms with E-state index in [0.29, 0.717) is 43.1 Å². The van der Waals surface area contributed by atoms with Crippen molar-refractivity contribution in [3.8, 4) is 11.5 Å². The summed E-state index contributed by atoms with van der Waals surface area (Å²) < 4.78 is 21.6. The van der Waals surface area contributed by atoms with E-state index in [1.54, 1.807) is 38.1 Å². The fraction of sp³-hybridized carbons (Fsp3) is 0.357. The molecule has 2 aliphatic rings. The summed E-state index contributed by atoms with van der Waals surface area (Å²) in [5.41, 5.74) is 4.59. The molecule has 3 N–H and O–H groups in total. The molecule has 0 aliphatic carbocycles. The molecule has 2 heterocycles. The zero-order valence-corrected chi connectivity index (χ0v) is 23.9. The van der Waals surface area contributed by atoms with Gasteiger partial charge in [-0.25, -0.2) is 15.0 Å². The van der Waals surface area contributed by atoms with Crippen LogP contribution in [0.25, 0.3) is 0 Å². The molecule has 0 saturated carbocycles. The molecular formula is C28H32N6O9. The zero-order chi connectivity index (χ0) is 30.9. The summed E-state index contributed by atoms with van der Waals surface area (Å²) in [5.74, 6) is -0.669. The van der Waals surface area contributed by atoms with Crippen molar-refractivity contribution in [2.75, 3.05) is 51.5 Å². The molecule has 1 fully saturated rings. The molecule has 1 saturated heterocycles. The average molecular weight is 597 g/mol. The van der Waals surface area contributed by atoms with Crippen molar-refractivity contribution in [3.05, 3.63) is 68.9 Å². The van der Waals surface area contributed by atoms with E-state index in [4.69, 9.17) is 18.9 Å². The Balaban J connectivity index is 1.43. The van der Waals surface area contributed by atoms with Crippen LogP contribution in [0.3, 0.4) is 0 Å². The smallest absolute Gasteiger partial charge is 0.338 e. The van der Waals surface area contributed by atoms with Crippen molar-refractivity contribution in [2.24, 2.45) is 5.10 Å². The number of benzene rings is 2. The second-order valence-corrected chi connectivity index (χ2v) is 9.38. The average Bonchev–Trinajstić information content (AvgIpc) is 3.00. The van der Waals surface area contributed by atoms with Crippen molar-refractivity contribution in [1.29, 1.82) is 0 Å². The first-order valence-electron chi connectivity index (χ1n) is 13.4. The number of allylic oxidation sites excluding steroid dienone is 1. The van der Waals surface area contributed by atoms with E-state index in [2.05, 4.69) is 21.2 Å². The number of hydrazone groups is 1. The number of esters is 1. The monoisotopic (exact) mass is 596 g/mol. The first-order chi connectivity index (χ1) is 20.7. The van der Waals surface area contributed by atoms with E-state index in [1.807, 2.05) is 4.90 Å². The lowest BCUT2D eigenvalue weighted by Crippen LogP contribution is -2.45. The number of morpholine rings is 1. The first kappa shape index (κ1) is 30.8. The van der Waals surface area contributed by atoms with Gasteiger partial charge in [-0.3, -0.25) is 14.9 Å². The van der Waals surface area contributed by atoms with Gasteiger partial charge >= 0.3 is 12.0 Å². The van der Waals surface area contributed by atoms with Gasteiger partial charge in [0.1, 0.15) is 0 Å². The van der Waals surface area contributed by atoms with Crippen LogP contribution in [0.15, 0.2) is 52.8 Å². The Morgan fingerprint density at radius 1 is 1.21 bits per heavy atom. The quantitative estimate of drug-likeness (QED) is 0.150. The number of nitrogens with zero attached hydrogens (tertiary/aromatic N) is 3. The lowest BCUT2D eigenvalue weighted by molar-refractivity contribution is -0.384. The number of urea groups is 1. The van der Waals surface area contributed by atoms with E-state index in [1.165, 1.54) is 25.5 Å². The topological polar surface area (TPSA) is 183 Å². The molecule has 3 amide bonds. The standard InChI is InChI=1S/C28H32N6O9/c1-4-42-27(36)25-17(2)30-28(37)31-26(25)18-5-8-22(23(14-18)40-3)43-16-24(35)32-29-15-19-13-20(34(38)39)6-7-21(19)33-9-11-41-12-10-33/h5-8,13-15,26H,4,9-12,16H2,1-3H3,(H,32,35)(H2,30,31,37)/b29-15-/t26-/m1/s1. The molecule has 0 spiro atoms. The summed E-state index contributed by atoms with van der Waals surface area (Å²) in [6.45, 7) is 5.32. The van der Waals surface area contributed by atoms with E-state index >= 15 is 0 Å². The number of nitrogens with one attached hydrogen (secondary N) is 3. The Labute approximate surface area is 246 Å². The summed E-state index contributed by atoms with van der Waals surface area (Å²) in [6.07, 6.45) is 1.34. The Bertz CT molecular complexity index is 1450. The summed E-state index contributed by atoms with van der Waals surface area (Å²) >= 11 is 0. The number of carbonyl (C=O) groups excluding carboxylic acids is 3. The molecule has 228 valence electrons. The van der Waals surface area contributed by atoms with Crippen molar-refractivity contribution < 1.29 is 38.3 Å². The molecular weight excluding hydrogens is 564 g/mol. The third-order valence-corrected chi connectivity index (χ3v) is 6.61. The molecule has 1 atom stereocenters. The lowest BCUT2D eigenvalue weighted by Gasteiger charge is -2.29. The number of ether oxygens (including phenoxy) is 4. The third kappa shape index (κ3) is 7.56. The van der Waals surface area contributed by atoms with E-state index in [9.17, 15) is 24.5 Å². The Morgan fingerprint density at radius 3 is 2.67 bits per heavy atom. The Kier molecular flexibility index (Phi) is 10.1. The highest BCUT2D eigenvalue weighted by Gasteiger charge is 2.32. The number of carbonyl (C=O) groups is 3. The van der Waals surface area contributed by atoms with Crippen LogP contribution in [0, 0.1) is 10.1 Å². The molecule has 0 unspecified atom stereocenters. The normalized spacial score (nSPS) is 16.8.